The maximum Gasteiger partial charge on any atom is 0.268 e. The number of piperidine rings is 1. The molecule has 0 spiro atoms. The molecule has 1 fully saturated rings. The van der Waals surface area contributed by atoms with Gasteiger partial charge >= 0.3 is 0 Å². The van der Waals surface area contributed by atoms with E-state index in [4.69, 9.17) is 9.72 Å². The number of nitrogens with zero attached hydrogens (tertiary/aromatic N) is 3. The van der Waals surface area contributed by atoms with Crippen molar-refractivity contribution >= 4 is 23.3 Å². The monoisotopic (exact) mass is 438 g/mol. The summed E-state index contributed by atoms with van der Waals surface area (Å²) in [4.78, 5) is 36.2. The molecule has 3 heterocycles. The largest absolute Gasteiger partial charge is 0.476 e. The molecule has 32 heavy (non-hydrogen) atoms. The fourth-order valence-electron chi connectivity index (χ4n) is 3.98. The molecule has 2 aliphatic rings. The molecular formula is C23H30N6O3. The van der Waals surface area contributed by atoms with Gasteiger partial charge in [0.15, 0.2) is 5.60 Å². The fourth-order valence-corrected chi connectivity index (χ4v) is 3.98. The van der Waals surface area contributed by atoms with Gasteiger partial charge in [-0.1, -0.05) is 0 Å². The molecule has 3 N–H and O–H groups in total. The van der Waals surface area contributed by atoms with Crippen LogP contribution < -0.4 is 20.7 Å². The molecule has 9 nitrogen and oxygen atoms in total. The zero-order chi connectivity index (χ0) is 22.9. The highest BCUT2D eigenvalue weighted by Crippen LogP contribution is 2.34. The van der Waals surface area contributed by atoms with Gasteiger partial charge in [0.1, 0.15) is 17.4 Å². The molecule has 2 amide bonds. The molecule has 4 rings (SSSR count). The zero-order valence-electron chi connectivity index (χ0n) is 19.0. The number of amides is 2. The summed E-state index contributed by atoms with van der Waals surface area (Å²) in [6.07, 6.45) is 2.20. The van der Waals surface area contributed by atoms with E-state index in [-0.39, 0.29) is 18.4 Å². The quantitative estimate of drug-likeness (QED) is 0.658. The lowest BCUT2D eigenvalue weighted by Gasteiger charge is -2.31. The molecule has 1 aromatic carbocycles. The average Bonchev–Trinajstić information content (AvgIpc) is 2.79. The van der Waals surface area contributed by atoms with Crippen molar-refractivity contribution in [3.05, 3.63) is 41.3 Å². The minimum absolute atomic E-state index is 0.189. The molecule has 2 aliphatic heterocycles. The average molecular weight is 439 g/mol. The number of ether oxygens (including phenoxy) is 1. The number of nitrogens with one attached hydrogen (secondary N) is 3. The summed E-state index contributed by atoms with van der Waals surface area (Å²) in [5.74, 6) is 1.78. The Morgan fingerprint density at radius 1 is 1.31 bits per heavy atom. The maximum atomic E-state index is 13.1. The highest BCUT2D eigenvalue weighted by atomic mass is 16.5. The summed E-state index contributed by atoms with van der Waals surface area (Å²) >= 11 is 0. The standard InChI is InChI=1S/C23H30N6O3/c1-23(2)22(31)27-17-10-14(7-8-18(17)32-23)21(30)29(4)13-20-26-16(11-19(24-3)28-20)15-6-5-9-25-12-15/h7-8,10-11,15,25H,5-6,9,12-13H2,1-4H3,(H,27,31)(H,24,26,28)/t15-/m0/s1. The number of fused-ring (bicyclic) bond motifs is 1. The molecule has 0 radical (unpaired) electrons. The van der Waals surface area contributed by atoms with Gasteiger partial charge in [-0.2, -0.15) is 0 Å². The molecule has 1 saturated heterocycles. The summed E-state index contributed by atoms with van der Waals surface area (Å²) in [5, 5.41) is 9.33. The minimum Gasteiger partial charge on any atom is -0.476 e. The highest BCUT2D eigenvalue weighted by molar-refractivity contribution is 6.02. The Kier molecular flexibility index (Phi) is 6.01. The smallest absolute Gasteiger partial charge is 0.268 e. The number of aromatic nitrogens is 2. The number of benzene rings is 1. The van der Waals surface area contributed by atoms with Crippen molar-refractivity contribution in [3.63, 3.8) is 0 Å². The number of anilines is 2. The first-order chi connectivity index (χ1) is 15.3. The fraction of sp³-hybridized carbons (Fsp3) is 0.478. The zero-order valence-corrected chi connectivity index (χ0v) is 19.0. The van der Waals surface area contributed by atoms with Gasteiger partial charge in [-0.3, -0.25) is 9.59 Å². The van der Waals surface area contributed by atoms with Gasteiger partial charge in [0.2, 0.25) is 0 Å². The number of carbonyl (C=O) groups excluding carboxylic acids is 2. The topological polar surface area (TPSA) is 108 Å². The molecule has 0 saturated carbocycles. The van der Waals surface area contributed by atoms with Crippen LogP contribution >= 0.6 is 0 Å². The predicted octanol–water partition coefficient (Wildman–Crippen LogP) is 2.37. The minimum atomic E-state index is -0.948. The first kappa shape index (κ1) is 22.0. The van der Waals surface area contributed by atoms with Crippen molar-refractivity contribution in [2.24, 2.45) is 0 Å². The third-order valence-electron chi connectivity index (χ3n) is 5.88. The van der Waals surface area contributed by atoms with Crippen LogP contribution in [0.2, 0.25) is 0 Å². The van der Waals surface area contributed by atoms with Crippen LogP contribution in [-0.2, 0) is 11.3 Å². The van der Waals surface area contributed by atoms with E-state index < -0.39 is 5.60 Å². The van der Waals surface area contributed by atoms with Gasteiger partial charge in [-0.25, -0.2) is 9.97 Å². The Morgan fingerprint density at radius 2 is 2.12 bits per heavy atom. The predicted molar refractivity (Wildman–Crippen MR) is 122 cm³/mol. The molecule has 1 atom stereocenters. The van der Waals surface area contributed by atoms with Crippen LogP contribution in [-0.4, -0.2) is 59.5 Å². The van der Waals surface area contributed by atoms with Gasteiger partial charge in [0, 0.05) is 38.2 Å². The van der Waals surface area contributed by atoms with E-state index in [1.807, 2.05) is 13.1 Å². The van der Waals surface area contributed by atoms with Crippen LogP contribution in [0.5, 0.6) is 5.75 Å². The molecule has 0 aliphatic carbocycles. The number of hydrogen-bond donors (Lipinski definition) is 3. The van der Waals surface area contributed by atoms with Crippen molar-refractivity contribution in [3.8, 4) is 5.75 Å². The van der Waals surface area contributed by atoms with Crippen LogP contribution in [0.25, 0.3) is 0 Å². The molecule has 1 aromatic heterocycles. The van der Waals surface area contributed by atoms with Crippen LogP contribution in [0, 0.1) is 0 Å². The van der Waals surface area contributed by atoms with Crippen LogP contribution in [0.1, 0.15) is 54.5 Å². The molecule has 0 unspecified atom stereocenters. The van der Waals surface area contributed by atoms with E-state index in [1.165, 1.54) is 0 Å². The van der Waals surface area contributed by atoms with E-state index in [0.717, 1.165) is 37.4 Å². The molecular weight excluding hydrogens is 408 g/mol. The molecule has 0 bridgehead atoms. The van der Waals surface area contributed by atoms with Gasteiger partial charge in [-0.15, -0.1) is 0 Å². The molecule has 170 valence electrons. The van der Waals surface area contributed by atoms with Gasteiger partial charge in [-0.05, 0) is 51.4 Å². The van der Waals surface area contributed by atoms with Crippen molar-refractivity contribution in [2.45, 2.75) is 44.8 Å². The van der Waals surface area contributed by atoms with E-state index in [0.29, 0.717) is 28.7 Å². The van der Waals surface area contributed by atoms with Crippen LogP contribution in [0.4, 0.5) is 11.5 Å². The Hall–Kier alpha value is -3.20. The third kappa shape index (κ3) is 4.52. The highest BCUT2D eigenvalue weighted by Gasteiger charge is 2.35. The summed E-state index contributed by atoms with van der Waals surface area (Å²) in [7, 11) is 3.55. The van der Waals surface area contributed by atoms with E-state index in [9.17, 15) is 9.59 Å². The molecule has 2 aromatic rings. The lowest BCUT2D eigenvalue weighted by atomic mass is 9.96. The van der Waals surface area contributed by atoms with E-state index in [2.05, 4.69) is 20.9 Å². The Morgan fingerprint density at radius 3 is 2.84 bits per heavy atom. The van der Waals surface area contributed by atoms with Crippen molar-refractivity contribution in [1.29, 1.82) is 0 Å². The number of hydrogen-bond acceptors (Lipinski definition) is 7. The second kappa shape index (κ2) is 8.74. The first-order valence-corrected chi connectivity index (χ1v) is 10.9. The van der Waals surface area contributed by atoms with Crippen molar-refractivity contribution in [1.82, 2.24) is 20.2 Å². The molecule has 9 heteroatoms. The summed E-state index contributed by atoms with van der Waals surface area (Å²) in [6, 6.07) is 7.04. The lowest BCUT2D eigenvalue weighted by molar-refractivity contribution is -0.129. The van der Waals surface area contributed by atoms with Gasteiger partial charge < -0.3 is 25.6 Å². The summed E-state index contributed by atoms with van der Waals surface area (Å²) in [5.41, 5.74) is 0.991. The van der Waals surface area contributed by atoms with Crippen LogP contribution in [0.3, 0.4) is 0 Å². The Labute approximate surface area is 188 Å². The maximum absolute atomic E-state index is 13.1. The first-order valence-electron chi connectivity index (χ1n) is 10.9. The normalized spacial score (nSPS) is 19.4. The van der Waals surface area contributed by atoms with Crippen LogP contribution in [0.15, 0.2) is 24.3 Å². The Balaban J connectivity index is 1.52. The lowest BCUT2D eigenvalue weighted by Crippen LogP contribution is -2.45. The van der Waals surface area contributed by atoms with E-state index in [1.54, 1.807) is 44.0 Å². The third-order valence-corrected chi connectivity index (χ3v) is 5.88. The number of rotatable bonds is 5. The second-order valence-electron chi connectivity index (χ2n) is 8.83. The Bertz CT molecular complexity index is 1030. The summed E-state index contributed by atoms with van der Waals surface area (Å²) < 4.78 is 5.75. The summed E-state index contributed by atoms with van der Waals surface area (Å²) in [6.45, 7) is 5.61. The van der Waals surface area contributed by atoms with Gasteiger partial charge in [0.05, 0.1) is 17.9 Å². The number of carbonyl (C=O) groups is 2. The second-order valence-corrected chi connectivity index (χ2v) is 8.83. The van der Waals surface area contributed by atoms with E-state index >= 15 is 0 Å². The van der Waals surface area contributed by atoms with Crippen molar-refractivity contribution < 1.29 is 14.3 Å². The van der Waals surface area contributed by atoms with Crippen molar-refractivity contribution in [2.75, 3.05) is 37.8 Å². The SMILES string of the molecule is CNc1cc([C@H]2CCCNC2)nc(CN(C)C(=O)c2ccc3c(c2)NC(=O)C(C)(C)O3)n1. The van der Waals surface area contributed by atoms with Gasteiger partial charge in [0.25, 0.3) is 11.8 Å².